The Morgan fingerprint density at radius 2 is 1.94 bits per heavy atom. The summed E-state index contributed by atoms with van der Waals surface area (Å²) in [6, 6.07) is 4.21. The second kappa shape index (κ2) is 8.60. The fourth-order valence-electron chi connectivity index (χ4n) is 4.65. The van der Waals surface area contributed by atoms with Gasteiger partial charge in [0.25, 0.3) is 0 Å². The SMILES string of the molecule is O=C(CCc1cn2cc(CN3CCCCC3)ccc2n1)C1=CC(=O)C2C=CC=CC2=C1. The largest absolute Gasteiger partial charge is 0.306 e. The molecule has 31 heavy (non-hydrogen) atoms. The van der Waals surface area contributed by atoms with Gasteiger partial charge in [-0.25, -0.2) is 4.98 Å². The summed E-state index contributed by atoms with van der Waals surface area (Å²) in [4.78, 5) is 32.3. The van der Waals surface area contributed by atoms with Crippen LogP contribution in [0.5, 0.6) is 0 Å². The van der Waals surface area contributed by atoms with E-state index in [1.165, 1.54) is 44.0 Å². The number of rotatable bonds is 6. The van der Waals surface area contributed by atoms with Crippen LogP contribution in [0.4, 0.5) is 0 Å². The Labute approximate surface area is 182 Å². The molecule has 5 nitrogen and oxygen atoms in total. The summed E-state index contributed by atoms with van der Waals surface area (Å²) < 4.78 is 2.06. The lowest BCUT2D eigenvalue weighted by Crippen LogP contribution is -2.29. The first-order chi connectivity index (χ1) is 15.2. The van der Waals surface area contributed by atoms with Crippen molar-refractivity contribution < 1.29 is 9.59 Å². The third-order valence-corrected chi connectivity index (χ3v) is 6.34. The Bertz CT molecular complexity index is 1140. The Kier molecular flexibility index (Phi) is 5.51. The maximum absolute atomic E-state index is 12.7. The third-order valence-electron chi connectivity index (χ3n) is 6.34. The smallest absolute Gasteiger partial charge is 0.167 e. The molecule has 0 saturated carbocycles. The number of ketones is 2. The van der Waals surface area contributed by atoms with Gasteiger partial charge in [-0.05, 0) is 61.7 Å². The summed E-state index contributed by atoms with van der Waals surface area (Å²) in [5.41, 5.74) is 4.49. The number of piperidine rings is 1. The van der Waals surface area contributed by atoms with E-state index in [9.17, 15) is 9.59 Å². The second-order valence-corrected chi connectivity index (χ2v) is 8.66. The van der Waals surface area contributed by atoms with Gasteiger partial charge >= 0.3 is 0 Å². The van der Waals surface area contributed by atoms with Crippen molar-refractivity contribution >= 4 is 17.2 Å². The fourth-order valence-corrected chi connectivity index (χ4v) is 4.65. The van der Waals surface area contributed by atoms with Crippen LogP contribution in [0.15, 0.2) is 72.1 Å². The van der Waals surface area contributed by atoms with E-state index in [1.54, 1.807) is 0 Å². The first-order valence-corrected chi connectivity index (χ1v) is 11.2. The Balaban J connectivity index is 1.24. The summed E-state index contributed by atoms with van der Waals surface area (Å²) in [7, 11) is 0. The van der Waals surface area contributed by atoms with E-state index >= 15 is 0 Å². The lowest BCUT2D eigenvalue weighted by atomic mass is 9.83. The lowest BCUT2D eigenvalue weighted by Gasteiger charge is -2.26. The number of allylic oxidation sites excluding steroid dienone is 8. The number of aromatic nitrogens is 2. The Morgan fingerprint density at radius 1 is 1.06 bits per heavy atom. The van der Waals surface area contributed by atoms with Crippen LogP contribution in [0, 0.1) is 5.92 Å². The summed E-state index contributed by atoms with van der Waals surface area (Å²) in [5.74, 6) is -0.264. The lowest BCUT2D eigenvalue weighted by molar-refractivity contribution is -0.118. The fraction of sp³-hybridized carbons (Fsp3) is 0.346. The van der Waals surface area contributed by atoms with Gasteiger partial charge in [-0.2, -0.15) is 0 Å². The predicted molar refractivity (Wildman–Crippen MR) is 121 cm³/mol. The van der Waals surface area contributed by atoms with Gasteiger partial charge in [-0.1, -0.05) is 36.8 Å². The standard InChI is InChI=1S/C26H27N3O2/c30-24(21-14-20-6-2-3-7-23(20)25(31)15-21)10-9-22-18-29-17-19(8-11-26(29)27-22)16-28-12-4-1-5-13-28/h2-3,6-8,11,14-15,17-18,23H,1,4-5,9-10,12-13,16H2. The molecule has 0 aromatic carbocycles. The highest BCUT2D eigenvalue weighted by Crippen LogP contribution is 2.27. The topological polar surface area (TPSA) is 54.7 Å². The molecule has 0 N–H and O–H groups in total. The minimum Gasteiger partial charge on any atom is -0.306 e. The molecule has 5 rings (SSSR count). The quantitative estimate of drug-likeness (QED) is 0.718. The molecule has 2 aromatic rings. The van der Waals surface area contributed by atoms with Crippen molar-refractivity contribution in [3.63, 3.8) is 0 Å². The third kappa shape index (κ3) is 4.37. The van der Waals surface area contributed by atoms with E-state index < -0.39 is 0 Å². The molecule has 3 heterocycles. The highest BCUT2D eigenvalue weighted by Gasteiger charge is 2.25. The highest BCUT2D eigenvalue weighted by atomic mass is 16.1. The van der Waals surface area contributed by atoms with E-state index in [-0.39, 0.29) is 17.5 Å². The van der Waals surface area contributed by atoms with Gasteiger partial charge in [-0.15, -0.1) is 0 Å². The van der Waals surface area contributed by atoms with Gasteiger partial charge in [0.05, 0.1) is 11.6 Å². The number of Topliss-reactive ketones (excluding diaryl/α,β-unsaturated/α-hetero) is 1. The van der Waals surface area contributed by atoms with Crippen molar-refractivity contribution in [1.82, 2.24) is 14.3 Å². The number of pyridine rings is 1. The number of hydrogen-bond acceptors (Lipinski definition) is 4. The van der Waals surface area contributed by atoms with Gasteiger partial charge in [0.1, 0.15) is 5.65 Å². The minimum atomic E-state index is -0.237. The number of fused-ring (bicyclic) bond motifs is 2. The molecule has 0 bridgehead atoms. The number of carbonyl (C=O) groups is 2. The molecule has 1 unspecified atom stereocenters. The van der Waals surface area contributed by atoms with E-state index in [4.69, 9.17) is 0 Å². The summed E-state index contributed by atoms with van der Waals surface area (Å²) in [6.45, 7) is 3.33. The van der Waals surface area contributed by atoms with Crippen molar-refractivity contribution in [3.05, 3.63) is 83.4 Å². The van der Waals surface area contributed by atoms with Crippen LogP contribution in [0.25, 0.3) is 5.65 Å². The molecule has 0 spiro atoms. The Hall–Kier alpha value is -3.05. The normalized spacial score (nSPS) is 21.2. The van der Waals surface area contributed by atoms with Gasteiger partial charge < -0.3 is 4.40 Å². The van der Waals surface area contributed by atoms with Crippen molar-refractivity contribution in [3.8, 4) is 0 Å². The van der Waals surface area contributed by atoms with Crippen molar-refractivity contribution in [2.75, 3.05) is 13.1 Å². The average molecular weight is 414 g/mol. The van der Waals surface area contributed by atoms with E-state index in [0.717, 1.165) is 23.5 Å². The van der Waals surface area contributed by atoms with E-state index in [0.29, 0.717) is 18.4 Å². The first kappa shape index (κ1) is 19.9. The van der Waals surface area contributed by atoms with Crippen LogP contribution in [0.1, 0.15) is 36.9 Å². The molecule has 0 radical (unpaired) electrons. The molecular weight excluding hydrogens is 386 g/mol. The van der Waals surface area contributed by atoms with Gasteiger partial charge in [0.2, 0.25) is 0 Å². The monoisotopic (exact) mass is 413 g/mol. The highest BCUT2D eigenvalue weighted by molar-refractivity contribution is 6.09. The number of likely N-dealkylation sites (tertiary alicyclic amines) is 1. The molecule has 5 heteroatoms. The van der Waals surface area contributed by atoms with Crippen molar-refractivity contribution in [2.45, 2.75) is 38.6 Å². The minimum absolute atomic E-state index is 0.00917. The van der Waals surface area contributed by atoms with E-state index in [1.807, 2.05) is 36.6 Å². The molecule has 1 saturated heterocycles. The zero-order valence-corrected chi connectivity index (χ0v) is 17.7. The second-order valence-electron chi connectivity index (χ2n) is 8.66. The average Bonchev–Trinajstić information content (AvgIpc) is 3.20. The number of imidazole rings is 1. The van der Waals surface area contributed by atoms with Gasteiger partial charge in [0.15, 0.2) is 11.6 Å². The van der Waals surface area contributed by atoms with Crippen LogP contribution in [-0.4, -0.2) is 38.9 Å². The first-order valence-electron chi connectivity index (χ1n) is 11.2. The number of hydrogen-bond donors (Lipinski definition) is 0. The maximum Gasteiger partial charge on any atom is 0.167 e. The summed E-state index contributed by atoms with van der Waals surface area (Å²) >= 11 is 0. The molecule has 2 aliphatic carbocycles. The summed E-state index contributed by atoms with van der Waals surface area (Å²) in [6.07, 6.45) is 19.9. The molecule has 1 fully saturated rings. The summed E-state index contributed by atoms with van der Waals surface area (Å²) in [5, 5.41) is 0. The number of aryl methyl sites for hydroxylation is 1. The number of nitrogens with zero attached hydrogens (tertiary/aromatic N) is 3. The zero-order valence-electron chi connectivity index (χ0n) is 17.7. The van der Waals surface area contributed by atoms with Crippen LogP contribution >= 0.6 is 0 Å². The van der Waals surface area contributed by atoms with E-state index in [2.05, 4.69) is 32.6 Å². The maximum atomic E-state index is 12.7. The zero-order chi connectivity index (χ0) is 21.2. The van der Waals surface area contributed by atoms with Crippen LogP contribution in [-0.2, 0) is 22.6 Å². The van der Waals surface area contributed by atoms with Crippen LogP contribution in [0.2, 0.25) is 0 Å². The molecule has 158 valence electrons. The molecule has 2 aromatic heterocycles. The van der Waals surface area contributed by atoms with Gasteiger partial charge in [0, 0.05) is 30.9 Å². The predicted octanol–water partition coefficient (Wildman–Crippen LogP) is 4.00. The Morgan fingerprint density at radius 3 is 2.81 bits per heavy atom. The number of carbonyl (C=O) groups excluding carboxylic acids is 2. The molecule has 0 amide bonds. The molecular formula is C26H27N3O2. The van der Waals surface area contributed by atoms with Crippen molar-refractivity contribution in [2.24, 2.45) is 5.92 Å². The van der Waals surface area contributed by atoms with Crippen molar-refractivity contribution in [1.29, 1.82) is 0 Å². The molecule has 1 aliphatic heterocycles. The van der Waals surface area contributed by atoms with Gasteiger partial charge in [-0.3, -0.25) is 14.5 Å². The molecule has 1 atom stereocenters. The van der Waals surface area contributed by atoms with Crippen LogP contribution < -0.4 is 0 Å². The molecule has 3 aliphatic rings. The van der Waals surface area contributed by atoms with Crippen LogP contribution in [0.3, 0.4) is 0 Å².